The van der Waals surface area contributed by atoms with Crippen LogP contribution in [0, 0.1) is 0 Å². The van der Waals surface area contributed by atoms with Crippen molar-refractivity contribution in [1.82, 2.24) is 20.6 Å². The molecule has 8 nitrogen and oxygen atoms in total. The largest absolute Gasteiger partial charge is 0.320 e. The minimum absolute atomic E-state index is 0.0672. The molecule has 0 aliphatic carbocycles. The molecule has 2 heterocycles. The van der Waals surface area contributed by atoms with Crippen LogP contribution in [0.3, 0.4) is 0 Å². The molecule has 0 fully saturated rings. The molecule has 1 aliphatic heterocycles. The molecule has 2 N–H and O–H groups in total. The zero-order chi connectivity index (χ0) is 24.6. The predicted octanol–water partition coefficient (Wildman–Crippen LogP) is 5.23. The number of nitrogens with zero attached hydrogens (tertiary/aromatic N) is 3. The Morgan fingerprint density at radius 2 is 1.74 bits per heavy atom. The molecule has 0 saturated carbocycles. The van der Waals surface area contributed by atoms with Crippen LogP contribution in [0.15, 0.2) is 75.4 Å². The Kier molecular flexibility index (Phi) is 6.37. The van der Waals surface area contributed by atoms with Crippen LogP contribution in [0.25, 0.3) is 17.5 Å². The van der Waals surface area contributed by atoms with E-state index in [0.29, 0.717) is 22.0 Å². The van der Waals surface area contributed by atoms with Crippen molar-refractivity contribution in [2.75, 3.05) is 5.32 Å². The number of thioether (sulfide) groups is 1. The van der Waals surface area contributed by atoms with Gasteiger partial charge in [-0.15, -0.1) is 10.2 Å². The summed E-state index contributed by atoms with van der Waals surface area (Å²) in [6.07, 6.45) is 1.76. The van der Waals surface area contributed by atoms with E-state index in [1.54, 1.807) is 30.3 Å². The number of carbonyl (C=O) groups excluding carboxylic acids is 1. The van der Waals surface area contributed by atoms with Gasteiger partial charge < -0.3 is 5.32 Å². The number of hydrogen-bond donors (Lipinski definition) is 2. The van der Waals surface area contributed by atoms with Gasteiger partial charge in [-0.25, -0.2) is 8.42 Å². The van der Waals surface area contributed by atoms with Crippen LogP contribution in [0.4, 0.5) is 5.69 Å². The van der Waals surface area contributed by atoms with Gasteiger partial charge in [0.15, 0.2) is 9.84 Å². The Hall–Kier alpha value is -3.18. The van der Waals surface area contributed by atoms with Crippen molar-refractivity contribution >= 4 is 62.5 Å². The van der Waals surface area contributed by atoms with Gasteiger partial charge in [0.2, 0.25) is 5.82 Å². The molecule has 0 saturated heterocycles. The van der Waals surface area contributed by atoms with E-state index >= 15 is 0 Å². The number of sulfone groups is 1. The number of nitrogens with one attached hydrogen (secondary N) is 2. The van der Waals surface area contributed by atoms with Crippen LogP contribution in [0.2, 0.25) is 10.0 Å². The van der Waals surface area contributed by atoms with Gasteiger partial charge in [-0.1, -0.05) is 65.3 Å². The summed E-state index contributed by atoms with van der Waals surface area (Å²) < 4.78 is 26.1. The fourth-order valence-electron chi connectivity index (χ4n) is 3.44. The highest BCUT2D eigenvalue weighted by Crippen LogP contribution is 2.40. The number of hydrogen-bond acceptors (Lipinski definition) is 7. The third-order valence-electron chi connectivity index (χ3n) is 5.21. The third-order valence-corrected chi connectivity index (χ3v) is 8.66. The summed E-state index contributed by atoms with van der Waals surface area (Å²) in [5.74, 6) is -0.199. The molecule has 0 atom stereocenters. The molecule has 1 aromatic heterocycles. The fraction of sp³-hybridized carbons (Fsp3) is 0.0435. The lowest BCUT2D eigenvalue weighted by Gasteiger charge is -2.19. The summed E-state index contributed by atoms with van der Waals surface area (Å²) in [6.45, 7) is 0. The number of fused-ring (bicyclic) bond motifs is 1. The van der Waals surface area contributed by atoms with Crippen molar-refractivity contribution in [3.63, 3.8) is 0 Å². The Morgan fingerprint density at radius 1 is 1.00 bits per heavy atom. The van der Waals surface area contributed by atoms with Crippen LogP contribution < -0.4 is 5.32 Å². The van der Waals surface area contributed by atoms with Crippen LogP contribution in [-0.2, 0) is 20.4 Å². The van der Waals surface area contributed by atoms with Crippen molar-refractivity contribution < 1.29 is 13.2 Å². The highest BCUT2D eigenvalue weighted by Gasteiger charge is 2.25. The maximum absolute atomic E-state index is 13.0. The van der Waals surface area contributed by atoms with Crippen molar-refractivity contribution in [3.8, 4) is 11.4 Å². The van der Waals surface area contributed by atoms with E-state index in [9.17, 15) is 13.2 Å². The number of amides is 1. The number of rotatable bonds is 5. The molecule has 0 spiro atoms. The molecule has 176 valence electrons. The summed E-state index contributed by atoms with van der Waals surface area (Å²) in [6, 6.07) is 16.8. The topological polar surface area (TPSA) is 118 Å². The van der Waals surface area contributed by atoms with E-state index in [4.69, 9.17) is 23.2 Å². The number of tetrazole rings is 1. The average molecular weight is 544 g/mol. The van der Waals surface area contributed by atoms with E-state index < -0.39 is 9.84 Å². The zero-order valence-electron chi connectivity index (χ0n) is 17.7. The first kappa shape index (κ1) is 23.6. The molecule has 35 heavy (non-hydrogen) atoms. The monoisotopic (exact) mass is 543 g/mol. The Labute approximate surface area is 214 Å². The summed E-state index contributed by atoms with van der Waals surface area (Å²) in [7, 11) is -3.76. The molecule has 4 aromatic rings. The van der Waals surface area contributed by atoms with Gasteiger partial charge in [0.1, 0.15) is 0 Å². The maximum Gasteiger partial charge on any atom is 0.262 e. The van der Waals surface area contributed by atoms with Crippen LogP contribution in [0.1, 0.15) is 11.1 Å². The van der Waals surface area contributed by atoms with Gasteiger partial charge >= 0.3 is 0 Å². The first-order valence-corrected chi connectivity index (χ1v) is 13.4. The van der Waals surface area contributed by atoms with Crippen LogP contribution in [-0.4, -0.2) is 34.9 Å². The predicted molar refractivity (Wildman–Crippen MR) is 136 cm³/mol. The van der Waals surface area contributed by atoms with Gasteiger partial charge in [0.25, 0.3) is 5.91 Å². The lowest BCUT2D eigenvalue weighted by Crippen LogP contribution is -2.18. The lowest BCUT2D eigenvalue weighted by molar-refractivity contribution is -0.112. The number of benzene rings is 3. The van der Waals surface area contributed by atoms with Gasteiger partial charge in [-0.05, 0) is 47.2 Å². The molecular formula is C23H15Cl2N5O3S2. The molecule has 1 aliphatic rings. The van der Waals surface area contributed by atoms with E-state index in [1.165, 1.54) is 23.9 Å². The van der Waals surface area contributed by atoms with E-state index in [2.05, 4.69) is 25.9 Å². The summed E-state index contributed by atoms with van der Waals surface area (Å²) in [5.41, 5.74) is 2.37. The molecule has 0 unspecified atom stereocenters. The van der Waals surface area contributed by atoms with Gasteiger partial charge in [-0.3, -0.25) is 4.79 Å². The van der Waals surface area contributed by atoms with E-state index in [0.717, 1.165) is 16.0 Å². The Balaban J connectivity index is 1.38. The number of aromatic amines is 1. The molecule has 1 amide bonds. The second-order valence-electron chi connectivity index (χ2n) is 7.54. The smallest absolute Gasteiger partial charge is 0.262 e. The first-order chi connectivity index (χ1) is 16.8. The van der Waals surface area contributed by atoms with Crippen LogP contribution in [0.5, 0.6) is 0 Å². The average Bonchev–Trinajstić information content (AvgIpc) is 3.37. The summed E-state index contributed by atoms with van der Waals surface area (Å²) >= 11 is 13.6. The second kappa shape index (κ2) is 9.46. The zero-order valence-corrected chi connectivity index (χ0v) is 20.8. The molecule has 0 bridgehead atoms. The fourth-order valence-corrected chi connectivity index (χ4v) is 6.49. The summed E-state index contributed by atoms with van der Waals surface area (Å²) in [5, 5.41) is 17.2. The highest BCUT2D eigenvalue weighted by atomic mass is 35.5. The summed E-state index contributed by atoms with van der Waals surface area (Å²) in [4.78, 5) is 14.0. The number of halogens is 2. The van der Waals surface area contributed by atoms with Gasteiger partial charge in [0.05, 0.1) is 21.2 Å². The second-order valence-corrected chi connectivity index (χ2v) is 11.4. The maximum atomic E-state index is 13.0. The van der Waals surface area contributed by atoms with E-state index in [-0.39, 0.29) is 26.6 Å². The Bertz CT molecular complexity index is 1550. The molecule has 3 aromatic carbocycles. The van der Waals surface area contributed by atoms with Crippen LogP contribution >= 0.6 is 35.0 Å². The van der Waals surface area contributed by atoms with Crippen molar-refractivity contribution in [2.24, 2.45) is 0 Å². The number of aromatic nitrogens is 4. The molecule has 0 radical (unpaired) electrons. The van der Waals surface area contributed by atoms with Crippen molar-refractivity contribution in [2.45, 2.75) is 15.5 Å². The molecular weight excluding hydrogens is 529 g/mol. The van der Waals surface area contributed by atoms with Gasteiger partial charge in [0, 0.05) is 26.1 Å². The third kappa shape index (κ3) is 4.96. The Morgan fingerprint density at radius 3 is 2.43 bits per heavy atom. The first-order valence-electron chi connectivity index (χ1n) is 10.1. The minimum atomic E-state index is -3.76. The SMILES string of the molecule is O=C1Nc2cc(S(=O)(=O)Cc3c(Cl)cccc3Cl)ccc2S/C1=C\c1ccc(-c2nn[nH]n2)cc1. The van der Waals surface area contributed by atoms with Gasteiger partial charge in [-0.2, -0.15) is 5.21 Å². The van der Waals surface area contributed by atoms with Crippen molar-refractivity contribution in [3.05, 3.63) is 86.7 Å². The van der Waals surface area contributed by atoms with E-state index in [1.807, 2.05) is 24.3 Å². The van der Waals surface area contributed by atoms with Crippen molar-refractivity contribution in [1.29, 1.82) is 0 Å². The lowest BCUT2D eigenvalue weighted by atomic mass is 10.1. The highest BCUT2D eigenvalue weighted by molar-refractivity contribution is 8.04. The minimum Gasteiger partial charge on any atom is -0.320 e. The molecule has 5 rings (SSSR count). The standard InChI is InChI=1S/C23H15Cl2N5O3S2/c24-17-2-1-3-18(25)16(17)12-35(32,33)15-8-9-20-19(11-15)26-23(31)21(34-20)10-13-4-6-14(7-5-13)22-27-29-30-28-22/h1-11H,12H2,(H,26,31)(H,27,28,29,30)/b21-10-. The number of anilines is 1. The normalized spacial score (nSPS) is 14.6. The number of carbonyl (C=O) groups is 1. The quantitative estimate of drug-likeness (QED) is 0.330. The molecule has 12 heteroatoms. The number of H-pyrrole nitrogens is 1.